The third-order valence-corrected chi connectivity index (χ3v) is 5.61. The van der Waals surface area contributed by atoms with Gasteiger partial charge in [-0.25, -0.2) is 0 Å². The summed E-state index contributed by atoms with van der Waals surface area (Å²) < 4.78 is 0. The fourth-order valence-corrected chi connectivity index (χ4v) is 4.37. The predicted octanol–water partition coefficient (Wildman–Crippen LogP) is 5.75. The molecule has 22 heavy (non-hydrogen) atoms. The van der Waals surface area contributed by atoms with Crippen LogP contribution in [0.2, 0.25) is 0 Å². The van der Waals surface area contributed by atoms with E-state index in [-0.39, 0.29) is 0 Å². The summed E-state index contributed by atoms with van der Waals surface area (Å²) in [6.07, 6.45) is 5.18. The highest BCUT2D eigenvalue weighted by atomic mass is 14.9. The van der Waals surface area contributed by atoms with E-state index in [9.17, 15) is 0 Å². The fraction of sp³-hybridized carbons (Fsp3) is 0.619. The quantitative estimate of drug-likeness (QED) is 0.705. The van der Waals surface area contributed by atoms with Gasteiger partial charge in [0.1, 0.15) is 0 Å². The van der Waals surface area contributed by atoms with Crippen LogP contribution in [0.15, 0.2) is 42.6 Å². The monoisotopic (exact) mass is 299 g/mol. The molecule has 2 unspecified atom stereocenters. The van der Waals surface area contributed by atoms with Crippen LogP contribution in [0, 0.1) is 17.3 Å². The van der Waals surface area contributed by atoms with Gasteiger partial charge in [0, 0.05) is 24.1 Å². The van der Waals surface area contributed by atoms with Crippen molar-refractivity contribution in [2.75, 3.05) is 6.54 Å². The fourth-order valence-electron chi connectivity index (χ4n) is 4.37. The van der Waals surface area contributed by atoms with Gasteiger partial charge < -0.3 is 5.32 Å². The average Bonchev–Trinajstić information content (AvgIpc) is 2.48. The first kappa shape index (κ1) is 17.1. The molecule has 0 bridgehead atoms. The van der Waals surface area contributed by atoms with E-state index >= 15 is 0 Å². The van der Waals surface area contributed by atoms with Gasteiger partial charge in [-0.15, -0.1) is 0 Å². The molecule has 1 nitrogen and oxygen atoms in total. The van der Waals surface area contributed by atoms with E-state index in [0.29, 0.717) is 17.3 Å². The zero-order chi connectivity index (χ0) is 16.2. The van der Waals surface area contributed by atoms with Crippen LogP contribution in [0.25, 0.3) is 0 Å². The first-order valence-corrected chi connectivity index (χ1v) is 8.93. The van der Waals surface area contributed by atoms with E-state index in [4.69, 9.17) is 0 Å². The Morgan fingerprint density at radius 3 is 2.59 bits per heavy atom. The van der Waals surface area contributed by atoms with E-state index in [1.54, 1.807) is 0 Å². The second kappa shape index (κ2) is 7.35. The topological polar surface area (TPSA) is 12.0 Å². The Balaban J connectivity index is 1.99. The van der Waals surface area contributed by atoms with E-state index in [0.717, 1.165) is 18.9 Å². The summed E-state index contributed by atoms with van der Waals surface area (Å²) in [6, 6.07) is 10.9. The van der Waals surface area contributed by atoms with Crippen LogP contribution in [0.5, 0.6) is 0 Å². The molecule has 0 amide bonds. The summed E-state index contributed by atoms with van der Waals surface area (Å²) >= 11 is 0. The lowest BCUT2D eigenvalue weighted by Crippen LogP contribution is -2.39. The Hall–Kier alpha value is -1.24. The molecule has 0 spiro atoms. The second-order valence-electron chi connectivity index (χ2n) is 7.76. The van der Waals surface area contributed by atoms with E-state index < -0.39 is 0 Å². The van der Waals surface area contributed by atoms with Crippen molar-refractivity contribution in [2.24, 2.45) is 17.3 Å². The lowest BCUT2D eigenvalue weighted by molar-refractivity contribution is 0.107. The molecule has 1 aromatic carbocycles. The number of hydrogen-bond donors (Lipinski definition) is 1. The molecule has 0 aliphatic heterocycles. The van der Waals surface area contributed by atoms with Crippen molar-refractivity contribution in [3.8, 4) is 0 Å². The standard InChI is InChI=1S/C21H33N/c1-6-18(19-12-8-7-9-13-19)15-22-17(3)20-16(2)11-10-14-21(20,4)5/h7-9,12-13,16,18,20,22H,3,6,10-11,14-15H2,1-2,4-5H3/t16-,18?,20?/m1/s1. The molecule has 1 aromatic rings. The number of benzene rings is 1. The van der Waals surface area contributed by atoms with Crippen molar-refractivity contribution in [3.63, 3.8) is 0 Å². The number of hydrogen-bond acceptors (Lipinski definition) is 1. The van der Waals surface area contributed by atoms with Gasteiger partial charge in [-0.1, -0.05) is 77.4 Å². The van der Waals surface area contributed by atoms with Gasteiger partial charge in [0.2, 0.25) is 0 Å². The highest BCUT2D eigenvalue weighted by Gasteiger charge is 2.38. The second-order valence-corrected chi connectivity index (χ2v) is 7.76. The molecule has 0 saturated heterocycles. The van der Waals surface area contributed by atoms with Crippen LogP contribution in [-0.2, 0) is 0 Å². The van der Waals surface area contributed by atoms with Crippen LogP contribution in [-0.4, -0.2) is 6.54 Å². The van der Waals surface area contributed by atoms with Crippen molar-refractivity contribution < 1.29 is 0 Å². The Labute approximate surface area is 137 Å². The molecule has 2 rings (SSSR count). The first-order valence-electron chi connectivity index (χ1n) is 8.93. The summed E-state index contributed by atoms with van der Waals surface area (Å²) in [5.74, 6) is 1.90. The average molecular weight is 300 g/mol. The molecular formula is C21H33N. The molecule has 0 aromatic heterocycles. The number of allylic oxidation sites excluding steroid dienone is 1. The highest BCUT2D eigenvalue weighted by molar-refractivity contribution is 5.20. The Morgan fingerprint density at radius 2 is 2.00 bits per heavy atom. The molecule has 122 valence electrons. The molecule has 3 atom stereocenters. The maximum atomic E-state index is 4.41. The molecule has 1 N–H and O–H groups in total. The van der Waals surface area contributed by atoms with Gasteiger partial charge in [0.25, 0.3) is 0 Å². The van der Waals surface area contributed by atoms with Gasteiger partial charge in [0.15, 0.2) is 0 Å². The van der Waals surface area contributed by atoms with Crippen LogP contribution in [0.4, 0.5) is 0 Å². The minimum absolute atomic E-state index is 0.371. The third kappa shape index (κ3) is 3.94. The van der Waals surface area contributed by atoms with Gasteiger partial charge in [-0.2, -0.15) is 0 Å². The van der Waals surface area contributed by atoms with Crippen molar-refractivity contribution in [1.29, 1.82) is 0 Å². The van der Waals surface area contributed by atoms with Gasteiger partial charge >= 0.3 is 0 Å². The van der Waals surface area contributed by atoms with Crippen molar-refractivity contribution >= 4 is 0 Å². The predicted molar refractivity (Wildman–Crippen MR) is 96.9 cm³/mol. The van der Waals surface area contributed by atoms with Gasteiger partial charge in [0.05, 0.1) is 0 Å². The summed E-state index contributed by atoms with van der Waals surface area (Å²) in [5, 5.41) is 3.69. The van der Waals surface area contributed by atoms with E-state index in [1.807, 2.05) is 0 Å². The maximum Gasteiger partial charge on any atom is 0.0212 e. The SMILES string of the molecule is C=C(NCC(CC)c1ccccc1)C1[C@H](C)CCCC1(C)C. The minimum atomic E-state index is 0.371. The molecule has 1 aliphatic carbocycles. The summed E-state index contributed by atoms with van der Waals surface area (Å²) in [4.78, 5) is 0. The summed E-state index contributed by atoms with van der Waals surface area (Å²) in [5.41, 5.74) is 3.06. The number of nitrogens with one attached hydrogen (secondary N) is 1. The minimum Gasteiger partial charge on any atom is -0.388 e. The zero-order valence-corrected chi connectivity index (χ0v) is 14.9. The van der Waals surface area contributed by atoms with E-state index in [2.05, 4.69) is 69.9 Å². The van der Waals surface area contributed by atoms with E-state index in [1.165, 1.54) is 30.5 Å². The van der Waals surface area contributed by atoms with Gasteiger partial charge in [-0.05, 0) is 29.7 Å². The molecule has 1 fully saturated rings. The summed E-state index contributed by atoms with van der Waals surface area (Å²) in [6.45, 7) is 14.9. The van der Waals surface area contributed by atoms with Gasteiger partial charge in [-0.3, -0.25) is 0 Å². The highest BCUT2D eigenvalue weighted by Crippen LogP contribution is 2.46. The van der Waals surface area contributed by atoms with Crippen molar-refractivity contribution in [1.82, 2.24) is 5.32 Å². The molecule has 1 saturated carbocycles. The zero-order valence-electron chi connectivity index (χ0n) is 14.9. The normalized spacial score (nSPS) is 25.5. The van der Waals surface area contributed by atoms with Crippen molar-refractivity contribution in [3.05, 3.63) is 48.2 Å². The van der Waals surface area contributed by atoms with Crippen molar-refractivity contribution in [2.45, 2.75) is 59.3 Å². The first-order chi connectivity index (χ1) is 10.5. The van der Waals surface area contributed by atoms with Crippen LogP contribution in [0.1, 0.15) is 64.9 Å². The number of rotatable bonds is 6. The molecule has 0 radical (unpaired) electrons. The Bertz CT molecular complexity index is 474. The van der Waals surface area contributed by atoms with Crippen LogP contribution >= 0.6 is 0 Å². The third-order valence-electron chi connectivity index (χ3n) is 5.61. The molecule has 0 heterocycles. The molecule has 1 heteroatoms. The smallest absolute Gasteiger partial charge is 0.0212 e. The Morgan fingerprint density at radius 1 is 1.32 bits per heavy atom. The molecular weight excluding hydrogens is 266 g/mol. The lowest BCUT2D eigenvalue weighted by Gasteiger charge is -2.44. The Kier molecular flexibility index (Phi) is 5.72. The van der Waals surface area contributed by atoms with Crippen LogP contribution < -0.4 is 5.32 Å². The maximum absolute atomic E-state index is 4.41. The van der Waals surface area contributed by atoms with Crippen LogP contribution in [0.3, 0.4) is 0 Å². The largest absolute Gasteiger partial charge is 0.388 e. The summed E-state index contributed by atoms with van der Waals surface area (Å²) in [7, 11) is 0. The molecule has 1 aliphatic rings. The lowest BCUT2D eigenvalue weighted by atomic mass is 9.63.